The molecule has 2 saturated carbocycles. The van der Waals surface area contributed by atoms with Crippen LogP contribution in [-0.4, -0.2) is 11.2 Å². The van der Waals surface area contributed by atoms with E-state index in [1.807, 2.05) is 0 Å². The molecule has 0 aromatic heterocycles. The molecule has 1 heteroatoms. The minimum atomic E-state index is -0.0116. The third-order valence-corrected chi connectivity index (χ3v) is 5.67. The Morgan fingerprint density at radius 1 is 0.889 bits per heavy atom. The maximum absolute atomic E-state index is 10.4. The van der Waals surface area contributed by atoms with Crippen LogP contribution in [0.25, 0.3) is 0 Å². The van der Waals surface area contributed by atoms with Gasteiger partial charge in [0, 0.05) is 0 Å². The monoisotopic (exact) mass is 252 g/mol. The van der Waals surface area contributed by atoms with E-state index >= 15 is 0 Å². The standard InChI is InChI=1S/C17H32O/c1-11(2)14-5-6-17(18)16(10-14)15-8-12(3)7-13(4)9-15/h11-18H,5-10H2,1-4H3. The molecule has 1 N–H and O–H groups in total. The Labute approximate surface area is 113 Å². The van der Waals surface area contributed by atoms with Gasteiger partial charge in [0.25, 0.3) is 0 Å². The van der Waals surface area contributed by atoms with Crippen molar-refractivity contribution in [2.24, 2.45) is 35.5 Å². The molecule has 0 aromatic carbocycles. The highest BCUT2D eigenvalue weighted by molar-refractivity contribution is 4.88. The van der Waals surface area contributed by atoms with Gasteiger partial charge in [-0.15, -0.1) is 0 Å². The molecular weight excluding hydrogens is 220 g/mol. The number of hydrogen-bond acceptors (Lipinski definition) is 1. The van der Waals surface area contributed by atoms with E-state index < -0.39 is 0 Å². The minimum Gasteiger partial charge on any atom is -0.393 e. The highest BCUT2D eigenvalue weighted by atomic mass is 16.3. The van der Waals surface area contributed by atoms with Crippen LogP contribution in [0.2, 0.25) is 0 Å². The average Bonchev–Trinajstić information content (AvgIpc) is 2.27. The first-order valence-corrected chi connectivity index (χ1v) is 8.15. The largest absolute Gasteiger partial charge is 0.393 e. The molecule has 2 rings (SSSR count). The van der Waals surface area contributed by atoms with E-state index in [9.17, 15) is 5.11 Å². The van der Waals surface area contributed by atoms with Gasteiger partial charge in [-0.3, -0.25) is 0 Å². The van der Waals surface area contributed by atoms with Gasteiger partial charge in [0.1, 0.15) is 0 Å². The number of rotatable bonds is 2. The third-order valence-electron chi connectivity index (χ3n) is 5.67. The molecule has 5 atom stereocenters. The zero-order chi connectivity index (χ0) is 13.3. The highest BCUT2D eigenvalue weighted by Gasteiger charge is 2.38. The van der Waals surface area contributed by atoms with Crippen molar-refractivity contribution in [2.45, 2.75) is 72.3 Å². The molecule has 1 nitrogen and oxygen atoms in total. The van der Waals surface area contributed by atoms with E-state index in [0.717, 1.165) is 36.0 Å². The van der Waals surface area contributed by atoms with Gasteiger partial charge in [-0.05, 0) is 74.0 Å². The van der Waals surface area contributed by atoms with Crippen LogP contribution in [0.1, 0.15) is 66.2 Å². The predicted octanol–water partition coefficient (Wildman–Crippen LogP) is 4.49. The van der Waals surface area contributed by atoms with Crippen LogP contribution in [0.5, 0.6) is 0 Å². The number of aliphatic hydroxyl groups is 1. The normalized spacial score (nSPS) is 46.3. The lowest BCUT2D eigenvalue weighted by Crippen LogP contribution is -2.38. The van der Waals surface area contributed by atoms with Crippen molar-refractivity contribution in [3.8, 4) is 0 Å². The summed E-state index contributed by atoms with van der Waals surface area (Å²) in [6, 6.07) is 0. The molecule has 0 radical (unpaired) electrons. The van der Waals surface area contributed by atoms with Gasteiger partial charge < -0.3 is 5.11 Å². The first-order valence-electron chi connectivity index (χ1n) is 8.15. The fourth-order valence-corrected chi connectivity index (χ4v) is 4.69. The van der Waals surface area contributed by atoms with E-state index in [0.29, 0.717) is 5.92 Å². The van der Waals surface area contributed by atoms with Crippen molar-refractivity contribution >= 4 is 0 Å². The molecule has 0 aliphatic heterocycles. The minimum absolute atomic E-state index is 0.0116. The van der Waals surface area contributed by atoms with Crippen LogP contribution in [0, 0.1) is 35.5 Å². The van der Waals surface area contributed by atoms with Gasteiger partial charge >= 0.3 is 0 Å². The first kappa shape index (κ1) is 14.4. The molecule has 2 fully saturated rings. The predicted molar refractivity (Wildman–Crippen MR) is 77.3 cm³/mol. The zero-order valence-corrected chi connectivity index (χ0v) is 12.7. The van der Waals surface area contributed by atoms with Gasteiger partial charge in [-0.25, -0.2) is 0 Å². The molecule has 0 aromatic rings. The Balaban J connectivity index is 2.00. The van der Waals surface area contributed by atoms with Crippen molar-refractivity contribution in [1.29, 1.82) is 0 Å². The maximum Gasteiger partial charge on any atom is 0.0571 e. The van der Waals surface area contributed by atoms with Gasteiger partial charge in [-0.1, -0.05) is 27.7 Å². The van der Waals surface area contributed by atoms with E-state index in [2.05, 4.69) is 27.7 Å². The molecule has 2 aliphatic rings. The fourth-order valence-electron chi connectivity index (χ4n) is 4.69. The van der Waals surface area contributed by atoms with Gasteiger partial charge in [0.05, 0.1) is 6.10 Å². The molecule has 0 spiro atoms. The first-order chi connectivity index (χ1) is 8.47. The van der Waals surface area contributed by atoms with E-state index in [-0.39, 0.29) is 6.10 Å². The smallest absolute Gasteiger partial charge is 0.0571 e. The summed E-state index contributed by atoms with van der Waals surface area (Å²) >= 11 is 0. The van der Waals surface area contributed by atoms with Crippen LogP contribution in [0.15, 0.2) is 0 Å². The molecule has 2 aliphatic carbocycles. The second-order valence-corrected chi connectivity index (χ2v) is 7.73. The molecular formula is C17H32O. The Morgan fingerprint density at radius 3 is 2.06 bits per heavy atom. The Kier molecular flexibility index (Phi) is 4.75. The van der Waals surface area contributed by atoms with Crippen LogP contribution in [0.3, 0.4) is 0 Å². The summed E-state index contributed by atoms with van der Waals surface area (Å²) in [7, 11) is 0. The van der Waals surface area contributed by atoms with Crippen molar-refractivity contribution in [1.82, 2.24) is 0 Å². The topological polar surface area (TPSA) is 20.2 Å². The van der Waals surface area contributed by atoms with Crippen molar-refractivity contribution in [3.63, 3.8) is 0 Å². The van der Waals surface area contributed by atoms with Crippen LogP contribution in [-0.2, 0) is 0 Å². The number of aliphatic hydroxyl groups excluding tert-OH is 1. The van der Waals surface area contributed by atoms with Crippen molar-refractivity contribution in [3.05, 3.63) is 0 Å². The van der Waals surface area contributed by atoms with E-state index in [4.69, 9.17) is 0 Å². The van der Waals surface area contributed by atoms with Crippen LogP contribution < -0.4 is 0 Å². The average molecular weight is 252 g/mol. The summed E-state index contributed by atoms with van der Waals surface area (Å²) in [6.07, 6.45) is 7.67. The Morgan fingerprint density at radius 2 is 1.50 bits per heavy atom. The summed E-state index contributed by atoms with van der Waals surface area (Å²) in [5.74, 6) is 4.76. The molecule has 0 amide bonds. The van der Waals surface area contributed by atoms with Crippen molar-refractivity contribution in [2.75, 3.05) is 0 Å². The van der Waals surface area contributed by atoms with Gasteiger partial charge in [0.15, 0.2) is 0 Å². The lowest BCUT2D eigenvalue weighted by Gasteiger charge is -2.43. The second-order valence-electron chi connectivity index (χ2n) is 7.73. The van der Waals surface area contributed by atoms with Crippen LogP contribution in [0.4, 0.5) is 0 Å². The lowest BCUT2D eigenvalue weighted by atomic mass is 9.64. The van der Waals surface area contributed by atoms with E-state index in [1.54, 1.807) is 0 Å². The second kappa shape index (κ2) is 5.94. The Bertz CT molecular complexity index is 250. The lowest BCUT2D eigenvalue weighted by molar-refractivity contribution is -0.0129. The molecule has 106 valence electrons. The van der Waals surface area contributed by atoms with Gasteiger partial charge in [0.2, 0.25) is 0 Å². The maximum atomic E-state index is 10.4. The zero-order valence-electron chi connectivity index (χ0n) is 12.7. The molecule has 0 bridgehead atoms. The van der Waals surface area contributed by atoms with Gasteiger partial charge in [-0.2, -0.15) is 0 Å². The summed E-state index contributed by atoms with van der Waals surface area (Å²) in [5, 5.41) is 10.4. The molecule has 0 heterocycles. The summed E-state index contributed by atoms with van der Waals surface area (Å²) < 4.78 is 0. The summed E-state index contributed by atoms with van der Waals surface area (Å²) in [5.41, 5.74) is 0. The third kappa shape index (κ3) is 3.29. The Hall–Kier alpha value is -0.0400. The molecule has 0 saturated heterocycles. The summed E-state index contributed by atoms with van der Waals surface area (Å²) in [4.78, 5) is 0. The quantitative estimate of drug-likeness (QED) is 0.767. The van der Waals surface area contributed by atoms with Crippen LogP contribution >= 0.6 is 0 Å². The highest BCUT2D eigenvalue weighted by Crippen LogP contribution is 2.44. The van der Waals surface area contributed by atoms with Crippen molar-refractivity contribution < 1.29 is 5.11 Å². The SMILES string of the molecule is CC1CC(C)CC(C2CC(C(C)C)CCC2O)C1. The fraction of sp³-hybridized carbons (Fsp3) is 1.00. The van der Waals surface area contributed by atoms with E-state index in [1.165, 1.54) is 32.1 Å². The molecule has 5 unspecified atom stereocenters. The number of hydrogen-bond donors (Lipinski definition) is 1. The molecule has 18 heavy (non-hydrogen) atoms. The summed E-state index contributed by atoms with van der Waals surface area (Å²) in [6.45, 7) is 9.51.